The molecule has 0 radical (unpaired) electrons. The number of benzene rings is 1. The molecule has 0 spiro atoms. The minimum absolute atomic E-state index is 0.00877. The first kappa shape index (κ1) is 20.3. The summed E-state index contributed by atoms with van der Waals surface area (Å²) in [4.78, 5) is 20.6. The van der Waals surface area contributed by atoms with Gasteiger partial charge in [0.15, 0.2) is 0 Å². The molecule has 28 heavy (non-hydrogen) atoms. The molecular formula is C21H22ClN3O2S. The lowest BCUT2D eigenvalue weighted by molar-refractivity contribution is -0.121. The Morgan fingerprint density at radius 2 is 1.93 bits per heavy atom. The number of ether oxygens (including phenoxy) is 1. The Morgan fingerprint density at radius 1 is 1.21 bits per heavy atom. The van der Waals surface area contributed by atoms with E-state index in [2.05, 4.69) is 15.3 Å². The molecule has 1 N–H and O–H groups in total. The number of amides is 1. The topological polar surface area (TPSA) is 64.1 Å². The second kappa shape index (κ2) is 9.66. The molecule has 1 amide bonds. The fourth-order valence-corrected chi connectivity index (χ4v) is 3.64. The Kier molecular flexibility index (Phi) is 7.01. The summed E-state index contributed by atoms with van der Waals surface area (Å²) in [5.74, 6) is 0.774. The van der Waals surface area contributed by atoms with Gasteiger partial charge in [0, 0.05) is 34.8 Å². The number of rotatable bonds is 8. The number of nitrogens with one attached hydrogen (secondary N) is 1. The highest BCUT2D eigenvalue weighted by Crippen LogP contribution is 2.26. The summed E-state index contributed by atoms with van der Waals surface area (Å²) in [6.07, 6.45) is 4.54. The van der Waals surface area contributed by atoms with E-state index in [0.29, 0.717) is 26.0 Å². The predicted molar refractivity (Wildman–Crippen MR) is 113 cm³/mol. The van der Waals surface area contributed by atoms with Crippen LogP contribution in [0.4, 0.5) is 0 Å². The number of pyridine rings is 1. The van der Waals surface area contributed by atoms with Crippen molar-refractivity contribution in [2.24, 2.45) is 0 Å². The summed E-state index contributed by atoms with van der Waals surface area (Å²) in [6.45, 7) is 4.82. The van der Waals surface area contributed by atoms with Gasteiger partial charge < -0.3 is 10.1 Å². The molecule has 5 nitrogen and oxygen atoms in total. The van der Waals surface area contributed by atoms with Crippen LogP contribution in [-0.2, 0) is 11.3 Å². The first-order chi connectivity index (χ1) is 13.5. The lowest BCUT2D eigenvalue weighted by Crippen LogP contribution is -2.23. The summed E-state index contributed by atoms with van der Waals surface area (Å²) in [6, 6.07) is 7.67. The third-order valence-electron chi connectivity index (χ3n) is 4.17. The molecule has 0 atom stereocenters. The minimum atomic E-state index is -0.00877. The molecule has 1 aromatic carbocycles. The highest BCUT2D eigenvalue weighted by atomic mass is 35.5. The number of carbonyl (C=O) groups is 1. The molecule has 0 aliphatic carbocycles. The Bertz CT molecular complexity index is 921. The van der Waals surface area contributed by atoms with Crippen molar-refractivity contribution in [1.82, 2.24) is 15.3 Å². The molecule has 0 unspecified atom stereocenters. The van der Waals surface area contributed by atoms with Crippen molar-refractivity contribution in [2.45, 2.75) is 33.2 Å². The first-order valence-corrected chi connectivity index (χ1v) is 10.3. The van der Waals surface area contributed by atoms with Crippen molar-refractivity contribution in [1.29, 1.82) is 0 Å². The summed E-state index contributed by atoms with van der Waals surface area (Å²) < 4.78 is 5.73. The number of carbonyl (C=O) groups excluding carboxylic acids is 1. The van der Waals surface area contributed by atoms with Gasteiger partial charge in [-0.15, -0.1) is 11.3 Å². The Hall–Kier alpha value is -2.44. The van der Waals surface area contributed by atoms with Crippen LogP contribution in [-0.4, -0.2) is 22.5 Å². The molecule has 7 heteroatoms. The smallest absolute Gasteiger partial charge is 0.220 e. The van der Waals surface area contributed by atoms with Gasteiger partial charge in [0.25, 0.3) is 0 Å². The molecule has 3 rings (SSSR count). The van der Waals surface area contributed by atoms with Crippen molar-refractivity contribution in [2.75, 3.05) is 6.61 Å². The largest absolute Gasteiger partial charge is 0.494 e. The van der Waals surface area contributed by atoms with Crippen LogP contribution >= 0.6 is 22.9 Å². The van der Waals surface area contributed by atoms with Crippen molar-refractivity contribution >= 4 is 28.8 Å². The van der Waals surface area contributed by atoms with Crippen molar-refractivity contribution in [3.05, 3.63) is 63.9 Å². The number of halogens is 1. The maximum atomic E-state index is 12.0. The molecule has 2 aromatic heterocycles. The van der Waals surface area contributed by atoms with E-state index < -0.39 is 0 Å². The second-order valence-electron chi connectivity index (χ2n) is 6.48. The molecule has 0 saturated heterocycles. The van der Waals surface area contributed by atoms with Gasteiger partial charge in [-0.2, -0.15) is 0 Å². The lowest BCUT2D eigenvalue weighted by atomic mass is 10.1. The van der Waals surface area contributed by atoms with Crippen LogP contribution in [0.3, 0.4) is 0 Å². The van der Waals surface area contributed by atoms with Crippen LogP contribution < -0.4 is 10.1 Å². The molecule has 0 saturated carbocycles. The van der Waals surface area contributed by atoms with Gasteiger partial charge in [-0.25, -0.2) is 4.98 Å². The second-order valence-corrected chi connectivity index (χ2v) is 7.72. The standard InChI is InChI=1S/C21H22ClN3O2S/c1-14-10-18(11-15(2)20(14)22)27-9-3-4-19(26)24-12-17-13-28-21(25-17)16-5-7-23-8-6-16/h5-8,10-11,13H,3-4,9,12H2,1-2H3,(H,24,26). The Morgan fingerprint density at radius 3 is 2.64 bits per heavy atom. The van der Waals surface area contributed by atoms with Crippen molar-refractivity contribution in [3.8, 4) is 16.3 Å². The highest BCUT2D eigenvalue weighted by molar-refractivity contribution is 7.13. The SMILES string of the molecule is Cc1cc(OCCCC(=O)NCc2csc(-c3ccncc3)n2)cc(C)c1Cl. The monoisotopic (exact) mass is 415 g/mol. The number of aromatic nitrogens is 2. The van der Waals surface area contributed by atoms with Crippen LogP contribution in [0, 0.1) is 13.8 Å². The van der Waals surface area contributed by atoms with Gasteiger partial charge in [0.05, 0.1) is 18.8 Å². The maximum absolute atomic E-state index is 12.0. The quantitative estimate of drug-likeness (QED) is 0.528. The first-order valence-electron chi connectivity index (χ1n) is 9.04. The number of aryl methyl sites for hydroxylation is 2. The van der Waals surface area contributed by atoms with Crippen molar-refractivity contribution in [3.63, 3.8) is 0 Å². The minimum Gasteiger partial charge on any atom is -0.494 e. The van der Waals surface area contributed by atoms with E-state index in [1.807, 2.05) is 43.5 Å². The number of hydrogen-bond donors (Lipinski definition) is 1. The highest BCUT2D eigenvalue weighted by Gasteiger charge is 2.07. The van der Waals surface area contributed by atoms with Crippen LogP contribution in [0.2, 0.25) is 5.02 Å². The lowest BCUT2D eigenvalue weighted by Gasteiger charge is -2.10. The van der Waals surface area contributed by atoms with Gasteiger partial charge in [0.1, 0.15) is 10.8 Å². The van der Waals surface area contributed by atoms with Gasteiger partial charge in [0.2, 0.25) is 5.91 Å². The summed E-state index contributed by atoms with van der Waals surface area (Å²) in [5, 5.41) is 6.56. The summed E-state index contributed by atoms with van der Waals surface area (Å²) in [5.41, 5.74) is 3.86. The Labute approximate surface area is 173 Å². The summed E-state index contributed by atoms with van der Waals surface area (Å²) in [7, 11) is 0. The van der Waals surface area contributed by atoms with E-state index in [1.165, 1.54) is 0 Å². The van der Waals surface area contributed by atoms with Crippen LogP contribution in [0.1, 0.15) is 29.7 Å². The van der Waals surface area contributed by atoms with E-state index in [4.69, 9.17) is 16.3 Å². The summed E-state index contributed by atoms with van der Waals surface area (Å²) >= 11 is 7.72. The molecule has 0 aliphatic heterocycles. The number of nitrogens with zero attached hydrogens (tertiary/aromatic N) is 2. The number of hydrogen-bond acceptors (Lipinski definition) is 5. The van der Waals surface area contributed by atoms with Crippen LogP contribution in [0.15, 0.2) is 42.0 Å². The van der Waals surface area contributed by atoms with Gasteiger partial charge in [-0.05, 0) is 55.7 Å². The average Bonchev–Trinajstić information content (AvgIpc) is 3.17. The molecule has 0 aliphatic rings. The van der Waals surface area contributed by atoms with Gasteiger partial charge in [-0.1, -0.05) is 11.6 Å². The van der Waals surface area contributed by atoms with E-state index in [9.17, 15) is 4.79 Å². The number of thiazole rings is 1. The predicted octanol–water partition coefficient (Wildman–Crippen LogP) is 4.95. The zero-order valence-electron chi connectivity index (χ0n) is 15.9. The molecule has 3 aromatic rings. The van der Waals surface area contributed by atoms with Crippen LogP contribution in [0.5, 0.6) is 5.75 Å². The van der Waals surface area contributed by atoms with E-state index >= 15 is 0 Å². The molecular weight excluding hydrogens is 394 g/mol. The molecule has 0 bridgehead atoms. The molecule has 146 valence electrons. The van der Waals surface area contributed by atoms with Crippen molar-refractivity contribution < 1.29 is 9.53 Å². The van der Waals surface area contributed by atoms with Gasteiger partial charge in [-0.3, -0.25) is 9.78 Å². The average molecular weight is 416 g/mol. The van der Waals surface area contributed by atoms with E-state index in [0.717, 1.165) is 38.2 Å². The fourth-order valence-electron chi connectivity index (χ4n) is 2.71. The van der Waals surface area contributed by atoms with E-state index in [-0.39, 0.29) is 5.91 Å². The zero-order chi connectivity index (χ0) is 19.9. The van der Waals surface area contributed by atoms with Gasteiger partial charge >= 0.3 is 0 Å². The third kappa shape index (κ3) is 5.53. The zero-order valence-corrected chi connectivity index (χ0v) is 17.4. The fraction of sp³-hybridized carbons (Fsp3) is 0.286. The third-order valence-corrected chi connectivity index (χ3v) is 5.71. The molecule has 0 fully saturated rings. The maximum Gasteiger partial charge on any atom is 0.220 e. The Balaban J connectivity index is 1.39. The van der Waals surface area contributed by atoms with E-state index in [1.54, 1.807) is 23.7 Å². The normalized spacial score (nSPS) is 10.7. The van der Waals surface area contributed by atoms with Crippen LogP contribution in [0.25, 0.3) is 10.6 Å². The molecule has 2 heterocycles.